The molecule has 0 saturated heterocycles. The lowest BCUT2D eigenvalue weighted by molar-refractivity contribution is -0.137. The lowest BCUT2D eigenvalue weighted by Crippen LogP contribution is -2.10. The quantitative estimate of drug-likeness (QED) is 0.280. The van der Waals surface area contributed by atoms with Gasteiger partial charge in [-0.05, 0) is 60.6 Å². The molecule has 7 nitrogen and oxygen atoms in total. The van der Waals surface area contributed by atoms with Crippen LogP contribution >= 0.6 is 0 Å². The maximum absolute atomic E-state index is 13.9. The Balaban J connectivity index is 1.36. The molecule has 1 aliphatic rings. The Labute approximate surface area is 210 Å². The van der Waals surface area contributed by atoms with Gasteiger partial charge < -0.3 is 9.26 Å². The first kappa shape index (κ1) is 24.5. The van der Waals surface area contributed by atoms with Gasteiger partial charge in [-0.1, -0.05) is 41.6 Å². The van der Waals surface area contributed by atoms with Crippen molar-refractivity contribution in [1.82, 2.24) is 19.9 Å². The van der Waals surface area contributed by atoms with Gasteiger partial charge in [-0.25, -0.2) is 4.79 Å². The molecule has 0 aliphatic heterocycles. The lowest BCUT2D eigenvalue weighted by Gasteiger charge is -2.18. The minimum Gasteiger partial charge on any atom is -0.464 e. The summed E-state index contributed by atoms with van der Waals surface area (Å²) in [5.41, 5.74) is 2.23. The zero-order chi connectivity index (χ0) is 26.0. The van der Waals surface area contributed by atoms with E-state index in [1.54, 1.807) is 35.1 Å². The minimum absolute atomic E-state index is 0.0145. The van der Waals surface area contributed by atoms with Crippen molar-refractivity contribution in [2.24, 2.45) is 0 Å². The van der Waals surface area contributed by atoms with E-state index in [4.69, 9.17) is 4.52 Å². The van der Waals surface area contributed by atoms with Crippen molar-refractivity contribution in [3.8, 4) is 22.8 Å². The van der Waals surface area contributed by atoms with Crippen molar-refractivity contribution in [3.05, 3.63) is 83.2 Å². The van der Waals surface area contributed by atoms with E-state index in [9.17, 15) is 18.0 Å². The molecule has 5 rings (SSSR count). The summed E-state index contributed by atoms with van der Waals surface area (Å²) >= 11 is 0. The number of hydrogen-bond acceptors (Lipinski definition) is 6. The normalized spacial score (nSPS) is 13.9. The number of aromatic nitrogens is 4. The highest BCUT2D eigenvalue weighted by atomic mass is 19.4. The molecule has 0 amide bonds. The van der Waals surface area contributed by atoms with E-state index >= 15 is 0 Å². The average molecular weight is 509 g/mol. The molecule has 0 saturated carbocycles. The van der Waals surface area contributed by atoms with E-state index < -0.39 is 17.7 Å². The number of benzene rings is 2. The highest BCUT2D eigenvalue weighted by molar-refractivity contribution is 5.86. The summed E-state index contributed by atoms with van der Waals surface area (Å²) in [6, 6.07) is 13.0. The first-order valence-corrected chi connectivity index (χ1v) is 11.8. The molecule has 2 aromatic heterocycles. The standard InChI is InChI=1S/C27H23F3N4O3/c1-36-26(35)23-13-14-34(32-23)16-17-7-9-19(10-8-17)24-31-25(37-33-24)20-11-12-21(18-5-3-2-4-6-18)22(15-20)27(28,29)30/h5,7-15H,2-4,6,16H2,1H3. The number of carbonyl (C=O) groups is 1. The number of halogens is 3. The van der Waals surface area contributed by atoms with E-state index in [2.05, 4.69) is 20.0 Å². The first-order valence-electron chi connectivity index (χ1n) is 11.8. The van der Waals surface area contributed by atoms with Crippen LogP contribution in [-0.2, 0) is 17.5 Å². The largest absolute Gasteiger partial charge is 0.464 e. The Morgan fingerprint density at radius 3 is 2.57 bits per heavy atom. The number of nitrogens with zero attached hydrogens (tertiary/aromatic N) is 4. The number of carbonyl (C=O) groups excluding carboxylic acids is 1. The average Bonchev–Trinajstić information content (AvgIpc) is 3.59. The third-order valence-electron chi connectivity index (χ3n) is 6.23. The maximum Gasteiger partial charge on any atom is 0.417 e. The van der Waals surface area contributed by atoms with Crippen LogP contribution in [0.5, 0.6) is 0 Å². The van der Waals surface area contributed by atoms with Crippen LogP contribution < -0.4 is 0 Å². The van der Waals surface area contributed by atoms with Crippen LogP contribution in [0.4, 0.5) is 13.2 Å². The van der Waals surface area contributed by atoms with Crippen LogP contribution in [0.3, 0.4) is 0 Å². The van der Waals surface area contributed by atoms with Gasteiger partial charge in [0.05, 0.1) is 19.2 Å². The maximum atomic E-state index is 13.9. The van der Waals surface area contributed by atoms with Gasteiger partial charge in [0, 0.05) is 17.3 Å². The summed E-state index contributed by atoms with van der Waals surface area (Å²) in [6.07, 6.45) is 2.37. The first-order chi connectivity index (χ1) is 17.8. The predicted octanol–water partition coefficient (Wildman–Crippen LogP) is 6.41. The highest BCUT2D eigenvalue weighted by Gasteiger charge is 2.35. The molecule has 1 aliphatic carbocycles. The smallest absolute Gasteiger partial charge is 0.417 e. The number of hydrogen-bond donors (Lipinski definition) is 0. The molecule has 2 aromatic carbocycles. The van der Waals surface area contributed by atoms with Crippen LogP contribution in [0, 0.1) is 0 Å². The number of rotatable bonds is 6. The van der Waals surface area contributed by atoms with Crippen molar-refractivity contribution >= 4 is 11.5 Å². The van der Waals surface area contributed by atoms with Crippen LogP contribution in [0.25, 0.3) is 28.4 Å². The summed E-state index contributed by atoms with van der Waals surface area (Å²) < 4.78 is 53.3. The summed E-state index contributed by atoms with van der Waals surface area (Å²) in [7, 11) is 1.29. The second-order valence-electron chi connectivity index (χ2n) is 8.74. The van der Waals surface area contributed by atoms with Crippen molar-refractivity contribution in [2.45, 2.75) is 38.4 Å². The molecular formula is C27H23F3N4O3. The summed E-state index contributed by atoms with van der Waals surface area (Å²) in [6.45, 7) is 0.428. The number of esters is 1. The molecule has 0 unspecified atom stereocenters. The van der Waals surface area contributed by atoms with E-state index in [1.165, 1.54) is 13.2 Å². The van der Waals surface area contributed by atoms with Gasteiger partial charge in [0.1, 0.15) is 0 Å². The van der Waals surface area contributed by atoms with Gasteiger partial charge in [-0.15, -0.1) is 0 Å². The van der Waals surface area contributed by atoms with Gasteiger partial charge in [0.25, 0.3) is 5.89 Å². The summed E-state index contributed by atoms with van der Waals surface area (Å²) in [5, 5.41) is 8.14. The van der Waals surface area contributed by atoms with Crippen molar-refractivity contribution in [1.29, 1.82) is 0 Å². The molecule has 4 aromatic rings. The molecule has 0 radical (unpaired) electrons. The number of alkyl halides is 3. The number of methoxy groups -OCH3 is 1. The highest BCUT2D eigenvalue weighted by Crippen LogP contribution is 2.40. The number of ether oxygens (including phenoxy) is 1. The molecule has 0 N–H and O–H groups in total. The van der Waals surface area contributed by atoms with Gasteiger partial charge >= 0.3 is 12.1 Å². The Morgan fingerprint density at radius 2 is 1.86 bits per heavy atom. The zero-order valence-electron chi connectivity index (χ0n) is 20.0. The lowest BCUT2D eigenvalue weighted by atomic mass is 9.89. The van der Waals surface area contributed by atoms with Gasteiger partial charge in [-0.3, -0.25) is 4.68 Å². The van der Waals surface area contributed by atoms with E-state index in [0.29, 0.717) is 18.5 Å². The Kier molecular flexibility index (Phi) is 6.64. The monoisotopic (exact) mass is 508 g/mol. The fourth-order valence-electron chi connectivity index (χ4n) is 4.34. The third kappa shape index (κ3) is 5.32. The van der Waals surface area contributed by atoms with Crippen LogP contribution in [0.1, 0.15) is 52.9 Å². The van der Waals surface area contributed by atoms with Crippen LogP contribution in [0.15, 0.2) is 65.3 Å². The van der Waals surface area contributed by atoms with E-state index in [-0.39, 0.29) is 28.5 Å². The Morgan fingerprint density at radius 1 is 1.08 bits per heavy atom. The minimum atomic E-state index is -4.51. The second kappa shape index (κ2) is 10.0. The fraction of sp³-hybridized carbons (Fsp3) is 0.259. The van der Waals surface area contributed by atoms with Gasteiger partial charge in [0.15, 0.2) is 5.69 Å². The molecule has 2 heterocycles. The van der Waals surface area contributed by atoms with Gasteiger partial charge in [0.2, 0.25) is 5.82 Å². The van der Waals surface area contributed by atoms with E-state index in [1.807, 2.05) is 18.2 Å². The topological polar surface area (TPSA) is 83.0 Å². The van der Waals surface area contributed by atoms with Crippen LogP contribution in [0.2, 0.25) is 0 Å². The Bertz CT molecular complexity index is 1450. The van der Waals surface area contributed by atoms with Crippen LogP contribution in [-0.4, -0.2) is 33.0 Å². The fourth-order valence-corrected chi connectivity index (χ4v) is 4.34. The molecular weight excluding hydrogens is 485 g/mol. The summed E-state index contributed by atoms with van der Waals surface area (Å²) in [4.78, 5) is 15.9. The SMILES string of the molecule is COC(=O)c1ccn(Cc2ccc(-c3noc(-c4ccc(C5=CCCCC5)c(C(F)(F)F)c4)n3)cc2)n1. The Hall–Kier alpha value is -4.21. The van der Waals surface area contributed by atoms with Gasteiger partial charge in [-0.2, -0.15) is 23.3 Å². The number of allylic oxidation sites excluding steroid dienone is 2. The molecule has 190 valence electrons. The molecule has 0 bridgehead atoms. The zero-order valence-corrected chi connectivity index (χ0v) is 20.0. The molecule has 0 atom stereocenters. The van der Waals surface area contributed by atoms with Crippen molar-refractivity contribution in [2.75, 3.05) is 7.11 Å². The van der Waals surface area contributed by atoms with Crippen molar-refractivity contribution < 1.29 is 27.2 Å². The van der Waals surface area contributed by atoms with Crippen molar-refractivity contribution in [3.63, 3.8) is 0 Å². The second-order valence-corrected chi connectivity index (χ2v) is 8.74. The van der Waals surface area contributed by atoms with E-state index in [0.717, 1.165) is 36.5 Å². The molecule has 10 heteroatoms. The molecule has 0 spiro atoms. The molecule has 0 fully saturated rings. The molecule has 37 heavy (non-hydrogen) atoms. The third-order valence-corrected chi connectivity index (χ3v) is 6.23. The predicted molar refractivity (Wildman–Crippen MR) is 129 cm³/mol. The summed E-state index contributed by atoms with van der Waals surface area (Å²) in [5.74, 6) is -0.230.